The summed E-state index contributed by atoms with van der Waals surface area (Å²) in [6, 6.07) is 7.36. The number of ether oxygens (including phenoxy) is 1. The predicted molar refractivity (Wildman–Crippen MR) is 70.1 cm³/mol. The highest BCUT2D eigenvalue weighted by molar-refractivity contribution is 5.27. The fraction of sp³-hybridized carbons (Fsp3) is 0.571. The first-order valence-corrected chi connectivity index (χ1v) is 6.56. The lowest BCUT2D eigenvalue weighted by atomic mass is 10.1. The molecule has 0 aliphatic carbocycles. The van der Waals surface area contributed by atoms with Crippen molar-refractivity contribution < 1.29 is 13.5 Å². The van der Waals surface area contributed by atoms with Crippen molar-refractivity contribution in [2.75, 3.05) is 13.1 Å². The van der Waals surface area contributed by atoms with Gasteiger partial charge in [-0.1, -0.05) is 12.1 Å². The van der Waals surface area contributed by atoms with Gasteiger partial charge in [0.15, 0.2) is 0 Å². The van der Waals surface area contributed by atoms with E-state index in [4.69, 9.17) is 5.73 Å². The second kappa shape index (κ2) is 6.30. The molecule has 0 radical (unpaired) electrons. The molecule has 3 nitrogen and oxygen atoms in total. The van der Waals surface area contributed by atoms with Crippen molar-refractivity contribution in [3.8, 4) is 5.75 Å². The van der Waals surface area contributed by atoms with Crippen LogP contribution in [0.1, 0.15) is 18.9 Å². The molecule has 0 saturated carbocycles. The van der Waals surface area contributed by atoms with E-state index >= 15 is 0 Å². The lowest BCUT2D eigenvalue weighted by Gasteiger charge is -2.21. The zero-order chi connectivity index (χ0) is 13.8. The molecule has 2 unspecified atom stereocenters. The molecule has 0 bridgehead atoms. The summed E-state index contributed by atoms with van der Waals surface area (Å²) in [5.41, 5.74) is 6.81. The Balaban J connectivity index is 1.92. The Kier molecular flexibility index (Phi) is 4.71. The summed E-state index contributed by atoms with van der Waals surface area (Å²) in [7, 11) is 0. The standard InChI is InChI=1S/C14H20F2N2O/c1-10-6-12(7-17)9-18(10)8-11-2-4-13(5-3-11)19-14(15)16/h2-5,10,12,14H,6-9,17H2,1H3. The van der Waals surface area contributed by atoms with Crippen LogP contribution >= 0.6 is 0 Å². The first kappa shape index (κ1) is 14.2. The highest BCUT2D eigenvalue weighted by Gasteiger charge is 2.27. The van der Waals surface area contributed by atoms with Crippen molar-refractivity contribution in [1.29, 1.82) is 0 Å². The minimum Gasteiger partial charge on any atom is -0.435 e. The minimum atomic E-state index is -2.77. The first-order valence-electron chi connectivity index (χ1n) is 6.56. The van der Waals surface area contributed by atoms with Gasteiger partial charge in [-0.15, -0.1) is 0 Å². The largest absolute Gasteiger partial charge is 0.435 e. The molecule has 1 heterocycles. The van der Waals surface area contributed by atoms with E-state index in [1.807, 2.05) is 12.1 Å². The lowest BCUT2D eigenvalue weighted by molar-refractivity contribution is -0.0498. The fourth-order valence-electron chi connectivity index (χ4n) is 2.62. The Hall–Kier alpha value is -1.20. The van der Waals surface area contributed by atoms with Crippen molar-refractivity contribution in [2.45, 2.75) is 32.5 Å². The Morgan fingerprint density at radius 3 is 2.58 bits per heavy atom. The average Bonchev–Trinajstić information content (AvgIpc) is 2.72. The Morgan fingerprint density at radius 2 is 2.05 bits per heavy atom. The molecule has 0 spiro atoms. The van der Waals surface area contributed by atoms with Crippen LogP contribution in [0.2, 0.25) is 0 Å². The maximum atomic E-state index is 12.0. The van der Waals surface area contributed by atoms with Gasteiger partial charge in [-0.3, -0.25) is 4.90 Å². The lowest BCUT2D eigenvalue weighted by Crippen LogP contribution is -2.27. The van der Waals surface area contributed by atoms with E-state index in [1.54, 1.807) is 12.1 Å². The molecule has 5 heteroatoms. The predicted octanol–water partition coefficient (Wildman–Crippen LogP) is 2.46. The molecular weight excluding hydrogens is 250 g/mol. The Labute approximate surface area is 112 Å². The molecular formula is C14H20F2N2O. The number of hydrogen-bond acceptors (Lipinski definition) is 3. The number of halogens is 2. The number of benzene rings is 1. The van der Waals surface area contributed by atoms with Crippen molar-refractivity contribution >= 4 is 0 Å². The van der Waals surface area contributed by atoms with Crippen LogP contribution in [0.4, 0.5) is 8.78 Å². The van der Waals surface area contributed by atoms with Crippen LogP contribution < -0.4 is 10.5 Å². The van der Waals surface area contributed by atoms with E-state index in [0.29, 0.717) is 12.0 Å². The molecule has 2 atom stereocenters. The summed E-state index contributed by atoms with van der Waals surface area (Å²) < 4.78 is 28.4. The summed E-state index contributed by atoms with van der Waals surface area (Å²) in [5, 5.41) is 0. The molecule has 0 aromatic heterocycles. The molecule has 2 N–H and O–H groups in total. The number of nitrogens with two attached hydrogens (primary N) is 1. The summed E-state index contributed by atoms with van der Waals surface area (Å²) in [6.07, 6.45) is 1.13. The van der Waals surface area contributed by atoms with Crippen molar-refractivity contribution in [2.24, 2.45) is 11.7 Å². The zero-order valence-corrected chi connectivity index (χ0v) is 11.1. The van der Waals surface area contributed by atoms with Crippen molar-refractivity contribution in [1.82, 2.24) is 4.90 Å². The van der Waals surface area contributed by atoms with Gasteiger partial charge < -0.3 is 10.5 Å². The minimum absolute atomic E-state index is 0.202. The van der Waals surface area contributed by atoms with E-state index in [2.05, 4.69) is 16.6 Å². The summed E-state index contributed by atoms with van der Waals surface area (Å²) >= 11 is 0. The van der Waals surface area contributed by atoms with Gasteiger partial charge in [0, 0.05) is 19.1 Å². The normalized spacial score (nSPS) is 24.1. The first-order chi connectivity index (χ1) is 9.08. The van der Waals surface area contributed by atoms with Gasteiger partial charge in [0.25, 0.3) is 0 Å². The van der Waals surface area contributed by atoms with E-state index < -0.39 is 6.61 Å². The molecule has 1 fully saturated rings. The Bertz CT molecular complexity index is 397. The zero-order valence-electron chi connectivity index (χ0n) is 11.1. The third kappa shape index (κ3) is 3.88. The third-order valence-corrected chi connectivity index (χ3v) is 3.66. The number of likely N-dealkylation sites (tertiary alicyclic amines) is 1. The maximum absolute atomic E-state index is 12.0. The summed E-state index contributed by atoms with van der Waals surface area (Å²) in [6.45, 7) is 1.99. The Morgan fingerprint density at radius 1 is 1.37 bits per heavy atom. The quantitative estimate of drug-likeness (QED) is 0.893. The van der Waals surface area contributed by atoms with Crippen LogP contribution in [0.5, 0.6) is 5.75 Å². The van der Waals surface area contributed by atoms with Gasteiger partial charge in [-0.25, -0.2) is 0 Å². The number of alkyl halides is 2. The molecule has 1 saturated heterocycles. The average molecular weight is 270 g/mol. The molecule has 1 aliphatic heterocycles. The van der Waals surface area contributed by atoms with Crippen LogP contribution in [0.25, 0.3) is 0 Å². The van der Waals surface area contributed by atoms with E-state index in [1.165, 1.54) is 0 Å². The second-order valence-corrected chi connectivity index (χ2v) is 5.14. The van der Waals surface area contributed by atoms with Crippen molar-refractivity contribution in [3.63, 3.8) is 0 Å². The third-order valence-electron chi connectivity index (χ3n) is 3.66. The smallest absolute Gasteiger partial charge is 0.387 e. The van der Waals surface area contributed by atoms with Gasteiger partial charge in [0.1, 0.15) is 5.75 Å². The maximum Gasteiger partial charge on any atom is 0.387 e. The van der Waals surface area contributed by atoms with E-state index in [-0.39, 0.29) is 5.75 Å². The van der Waals surface area contributed by atoms with E-state index in [0.717, 1.165) is 31.6 Å². The molecule has 19 heavy (non-hydrogen) atoms. The van der Waals surface area contributed by atoms with Crippen LogP contribution in [-0.2, 0) is 6.54 Å². The number of rotatable bonds is 5. The van der Waals surface area contributed by atoms with Gasteiger partial charge in [0.2, 0.25) is 0 Å². The molecule has 106 valence electrons. The topological polar surface area (TPSA) is 38.5 Å². The van der Waals surface area contributed by atoms with Gasteiger partial charge in [0.05, 0.1) is 0 Å². The monoisotopic (exact) mass is 270 g/mol. The fourth-order valence-corrected chi connectivity index (χ4v) is 2.62. The van der Waals surface area contributed by atoms with Crippen LogP contribution in [0.3, 0.4) is 0 Å². The van der Waals surface area contributed by atoms with Gasteiger partial charge >= 0.3 is 6.61 Å². The summed E-state index contributed by atoms with van der Waals surface area (Å²) in [5.74, 6) is 0.768. The van der Waals surface area contributed by atoms with Gasteiger partial charge in [-0.05, 0) is 43.5 Å². The SMILES string of the molecule is CC1CC(CN)CN1Cc1ccc(OC(F)F)cc1. The highest BCUT2D eigenvalue weighted by atomic mass is 19.3. The van der Waals surface area contributed by atoms with Crippen LogP contribution in [-0.4, -0.2) is 30.6 Å². The van der Waals surface area contributed by atoms with Crippen LogP contribution in [0, 0.1) is 5.92 Å². The molecule has 1 aromatic carbocycles. The van der Waals surface area contributed by atoms with Crippen LogP contribution in [0.15, 0.2) is 24.3 Å². The van der Waals surface area contributed by atoms with E-state index in [9.17, 15) is 8.78 Å². The molecule has 1 aliphatic rings. The number of hydrogen-bond donors (Lipinski definition) is 1. The molecule has 1 aromatic rings. The second-order valence-electron chi connectivity index (χ2n) is 5.14. The molecule has 0 amide bonds. The number of nitrogens with zero attached hydrogens (tertiary/aromatic N) is 1. The highest BCUT2D eigenvalue weighted by Crippen LogP contribution is 2.24. The van der Waals surface area contributed by atoms with Gasteiger partial charge in [-0.2, -0.15) is 8.78 Å². The summed E-state index contributed by atoms with van der Waals surface area (Å²) in [4.78, 5) is 2.38. The molecule has 2 rings (SSSR count). The van der Waals surface area contributed by atoms with Crippen molar-refractivity contribution in [3.05, 3.63) is 29.8 Å².